The minimum atomic E-state index is -3.59. The summed E-state index contributed by atoms with van der Waals surface area (Å²) in [5, 5.41) is 9.06. The summed E-state index contributed by atoms with van der Waals surface area (Å²) >= 11 is 0. The summed E-state index contributed by atoms with van der Waals surface area (Å²) < 4.78 is 30.4. The van der Waals surface area contributed by atoms with Crippen LogP contribution in [0.3, 0.4) is 0 Å². The molecular formula is C15H27N3O7S. The number of aliphatic carboxylic acids is 1. The van der Waals surface area contributed by atoms with E-state index in [0.717, 1.165) is 4.90 Å². The van der Waals surface area contributed by atoms with Crippen LogP contribution in [0.4, 0.5) is 0 Å². The van der Waals surface area contributed by atoms with Gasteiger partial charge in [0.15, 0.2) is 0 Å². The van der Waals surface area contributed by atoms with Gasteiger partial charge in [-0.1, -0.05) is 0 Å². The Morgan fingerprint density at radius 1 is 1.35 bits per heavy atom. The van der Waals surface area contributed by atoms with Crippen LogP contribution in [0.15, 0.2) is 0 Å². The van der Waals surface area contributed by atoms with Crippen molar-refractivity contribution in [1.82, 2.24) is 14.5 Å². The lowest BCUT2D eigenvalue weighted by Crippen LogP contribution is -2.48. The summed E-state index contributed by atoms with van der Waals surface area (Å²) in [6.07, 6.45) is 1.44. The number of rotatable bonds is 10. The van der Waals surface area contributed by atoms with Gasteiger partial charge in [0.25, 0.3) is 0 Å². The molecule has 0 radical (unpaired) electrons. The van der Waals surface area contributed by atoms with Gasteiger partial charge in [-0.15, -0.1) is 0 Å². The van der Waals surface area contributed by atoms with Crippen molar-refractivity contribution in [1.29, 1.82) is 0 Å². The van der Waals surface area contributed by atoms with Crippen LogP contribution < -0.4 is 4.72 Å². The van der Waals surface area contributed by atoms with E-state index in [9.17, 15) is 22.8 Å². The summed E-state index contributed by atoms with van der Waals surface area (Å²) in [4.78, 5) is 37.9. The Labute approximate surface area is 153 Å². The van der Waals surface area contributed by atoms with Crippen molar-refractivity contribution in [3.8, 4) is 0 Å². The minimum Gasteiger partial charge on any atom is -0.481 e. The number of sulfonamides is 1. The van der Waals surface area contributed by atoms with E-state index in [2.05, 4.69) is 4.72 Å². The summed E-state index contributed by atoms with van der Waals surface area (Å²) in [6, 6.07) is 0. The van der Waals surface area contributed by atoms with Crippen LogP contribution in [0, 0.1) is 5.92 Å². The molecule has 1 atom stereocenters. The number of nitrogens with zero attached hydrogens (tertiary/aromatic N) is 2. The standard InChI is InChI=1S/C15H27N3O7S/c1-17(13(19)9-16-26(23,24)8-4-7-25-2)11-14(20)18-6-3-5-12(10-18)15(21)22/h12,16H,3-11H2,1-2H3,(H,21,22). The second-order valence-corrected chi connectivity index (χ2v) is 8.18. The highest BCUT2D eigenvalue weighted by molar-refractivity contribution is 7.89. The third-order valence-electron chi connectivity index (χ3n) is 4.13. The first kappa shape index (κ1) is 22.3. The van der Waals surface area contributed by atoms with Gasteiger partial charge in [-0.2, -0.15) is 0 Å². The number of amides is 2. The van der Waals surface area contributed by atoms with Gasteiger partial charge in [-0.05, 0) is 19.3 Å². The number of nitrogens with one attached hydrogen (secondary N) is 1. The zero-order valence-corrected chi connectivity index (χ0v) is 16.0. The number of likely N-dealkylation sites (N-methyl/N-ethyl adjacent to an activating group) is 1. The van der Waals surface area contributed by atoms with Crippen molar-refractivity contribution in [2.75, 3.05) is 52.7 Å². The highest BCUT2D eigenvalue weighted by Gasteiger charge is 2.29. The van der Waals surface area contributed by atoms with E-state index in [1.807, 2.05) is 0 Å². The van der Waals surface area contributed by atoms with Crippen molar-refractivity contribution in [2.45, 2.75) is 19.3 Å². The molecule has 1 heterocycles. The summed E-state index contributed by atoms with van der Waals surface area (Å²) in [7, 11) is -0.717. The molecule has 26 heavy (non-hydrogen) atoms. The van der Waals surface area contributed by atoms with Crippen molar-refractivity contribution in [2.24, 2.45) is 5.92 Å². The molecule has 0 aromatic rings. The Morgan fingerprint density at radius 2 is 2.04 bits per heavy atom. The molecule has 0 bridgehead atoms. The van der Waals surface area contributed by atoms with Crippen LogP contribution in [-0.4, -0.2) is 93.8 Å². The van der Waals surface area contributed by atoms with Crippen molar-refractivity contribution in [3.05, 3.63) is 0 Å². The number of carbonyl (C=O) groups is 3. The van der Waals surface area contributed by atoms with Gasteiger partial charge in [0, 0.05) is 33.9 Å². The molecule has 1 saturated heterocycles. The predicted molar refractivity (Wildman–Crippen MR) is 92.9 cm³/mol. The van der Waals surface area contributed by atoms with Gasteiger partial charge in [-0.3, -0.25) is 14.4 Å². The van der Waals surface area contributed by atoms with E-state index < -0.39 is 34.4 Å². The molecule has 10 nitrogen and oxygen atoms in total. The highest BCUT2D eigenvalue weighted by atomic mass is 32.2. The molecule has 0 aromatic heterocycles. The summed E-state index contributed by atoms with van der Waals surface area (Å²) in [6.45, 7) is 0.225. The predicted octanol–water partition coefficient (Wildman–Crippen LogP) is -1.28. The Bertz CT molecular complexity index is 608. The Kier molecular flexibility index (Phi) is 8.96. The summed E-state index contributed by atoms with van der Waals surface area (Å²) in [5.41, 5.74) is 0. The maximum atomic E-state index is 12.2. The second-order valence-electron chi connectivity index (χ2n) is 6.25. The highest BCUT2D eigenvalue weighted by Crippen LogP contribution is 2.16. The van der Waals surface area contributed by atoms with E-state index in [4.69, 9.17) is 9.84 Å². The molecule has 1 aliphatic rings. The van der Waals surface area contributed by atoms with Gasteiger partial charge >= 0.3 is 5.97 Å². The van der Waals surface area contributed by atoms with Crippen molar-refractivity contribution >= 4 is 27.8 Å². The van der Waals surface area contributed by atoms with Crippen LogP contribution in [0.5, 0.6) is 0 Å². The molecule has 1 rings (SSSR count). The third kappa shape index (κ3) is 7.67. The molecule has 0 saturated carbocycles. The van der Waals surface area contributed by atoms with E-state index in [0.29, 0.717) is 32.4 Å². The first-order valence-electron chi connectivity index (χ1n) is 8.37. The van der Waals surface area contributed by atoms with E-state index in [1.54, 1.807) is 0 Å². The molecule has 2 N–H and O–H groups in total. The van der Waals surface area contributed by atoms with Gasteiger partial charge in [-0.25, -0.2) is 13.1 Å². The smallest absolute Gasteiger partial charge is 0.308 e. The first-order valence-corrected chi connectivity index (χ1v) is 10.0. The fourth-order valence-corrected chi connectivity index (χ4v) is 3.55. The van der Waals surface area contributed by atoms with Crippen LogP contribution in [0.25, 0.3) is 0 Å². The zero-order chi connectivity index (χ0) is 19.7. The topological polar surface area (TPSA) is 133 Å². The Morgan fingerprint density at radius 3 is 2.65 bits per heavy atom. The number of hydrogen-bond donors (Lipinski definition) is 2. The number of hydrogen-bond acceptors (Lipinski definition) is 6. The van der Waals surface area contributed by atoms with Crippen LogP contribution >= 0.6 is 0 Å². The number of ether oxygens (including phenoxy) is 1. The van der Waals surface area contributed by atoms with Gasteiger partial charge in [0.2, 0.25) is 21.8 Å². The minimum absolute atomic E-state index is 0.127. The molecule has 1 aliphatic heterocycles. The maximum Gasteiger partial charge on any atom is 0.308 e. The van der Waals surface area contributed by atoms with E-state index in [1.165, 1.54) is 19.1 Å². The third-order valence-corrected chi connectivity index (χ3v) is 5.54. The number of likely N-dealkylation sites (tertiary alicyclic amines) is 1. The zero-order valence-electron chi connectivity index (χ0n) is 15.1. The molecule has 2 amide bonds. The number of carboxylic acid groups (broad SMARTS) is 1. The molecule has 11 heteroatoms. The number of carboxylic acids is 1. The molecule has 0 aromatic carbocycles. The normalized spacial score (nSPS) is 17.8. The Balaban J connectivity index is 2.43. The SMILES string of the molecule is COCCCS(=O)(=O)NCC(=O)N(C)CC(=O)N1CCCC(C(=O)O)C1. The lowest BCUT2D eigenvalue weighted by Gasteiger charge is -2.32. The van der Waals surface area contributed by atoms with Crippen LogP contribution in [-0.2, 0) is 29.1 Å². The first-order chi connectivity index (χ1) is 12.2. The monoisotopic (exact) mass is 393 g/mol. The fraction of sp³-hybridized carbons (Fsp3) is 0.800. The quantitative estimate of drug-likeness (QED) is 0.442. The lowest BCUT2D eigenvalue weighted by atomic mass is 9.98. The lowest BCUT2D eigenvalue weighted by molar-refractivity contribution is -0.147. The average Bonchev–Trinajstić information content (AvgIpc) is 2.59. The van der Waals surface area contributed by atoms with Gasteiger partial charge in [0.05, 0.1) is 24.8 Å². The largest absolute Gasteiger partial charge is 0.481 e. The van der Waals surface area contributed by atoms with Crippen LogP contribution in [0.2, 0.25) is 0 Å². The Hall–Kier alpha value is -1.72. The average molecular weight is 393 g/mol. The molecule has 1 unspecified atom stereocenters. The molecule has 0 spiro atoms. The number of methoxy groups -OCH3 is 1. The number of carbonyl (C=O) groups excluding carboxylic acids is 2. The van der Waals surface area contributed by atoms with E-state index in [-0.39, 0.29) is 24.7 Å². The van der Waals surface area contributed by atoms with Crippen molar-refractivity contribution in [3.63, 3.8) is 0 Å². The molecule has 0 aliphatic carbocycles. The fourth-order valence-electron chi connectivity index (χ4n) is 2.57. The van der Waals surface area contributed by atoms with Gasteiger partial charge < -0.3 is 19.6 Å². The second kappa shape index (κ2) is 10.4. The van der Waals surface area contributed by atoms with Crippen LogP contribution in [0.1, 0.15) is 19.3 Å². The molecular weight excluding hydrogens is 366 g/mol. The molecule has 1 fully saturated rings. The maximum absolute atomic E-state index is 12.2. The number of piperidine rings is 1. The van der Waals surface area contributed by atoms with Crippen molar-refractivity contribution < 1.29 is 32.6 Å². The molecule has 150 valence electrons. The summed E-state index contributed by atoms with van der Waals surface area (Å²) in [5.74, 6) is -2.57. The van der Waals surface area contributed by atoms with E-state index >= 15 is 0 Å². The van der Waals surface area contributed by atoms with Gasteiger partial charge in [0.1, 0.15) is 0 Å².